The Morgan fingerprint density at radius 1 is 1.00 bits per heavy atom. The molecule has 29 heavy (non-hydrogen) atoms. The van der Waals surface area contributed by atoms with Crippen molar-refractivity contribution in [1.82, 2.24) is 10.2 Å². The van der Waals surface area contributed by atoms with Crippen LogP contribution in [0, 0.1) is 0 Å². The van der Waals surface area contributed by atoms with Crippen molar-refractivity contribution < 1.29 is 4.74 Å². The fourth-order valence-electron chi connectivity index (χ4n) is 4.42. The minimum atomic E-state index is -0.0512. The monoisotopic (exact) mass is 476 g/mol. The van der Waals surface area contributed by atoms with Crippen molar-refractivity contribution in [2.45, 2.75) is 31.4 Å². The molecule has 0 radical (unpaired) electrons. The minimum Gasteiger partial charge on any atom is -0.372 e. The number of benzene rings is 2. The molecule has 4 rings (SSSR count). The van der Waals surface area contributed by atoms with Gasteiger partial charge in [0.1, 0.15) is 0 Å². The Balaban J connectivity index is 0.00000150. The average molecular weight is 478 g/mol. The third-order valence-electron chi connectivity index (χ3n) is 5.90. The molecule has 1 N–H and O–H groups in total. The highest BCUT2D eigenvalue weighted by Gasteiger charge is 2.43. The molecule has 0 amide bonds. The summed E-state index contributed by atoms with van der Waals surface area (Å²) in [6.45, 7) is 6.99. The van der Waals surface area contributed by atoms with Gasteiger partial charge >= 0.3 is 0 Å². The van der Waals surface area contributed by atoms with E-state index in [0.717, 1.165) is 44.6 Å². The SMILES string of the molecule is C[C@H](OCC1(N2CCNCC2)Cc2ccccc2C1)c1cc(Cl)cc(Cl)c1.Cl.Cl. The summed E-state index contributed by atoms with van der Waals surface area (Å²) in [6, 6.07) is 14.5. The number of nitrogens with one attached hydrogen (secondary N) is 1. The normalized spacial score (nSPS) is 19.0. The van der Waals surface area contributed by atoms with E-state index in [1.54, 1.807) is 6.07 Å². The van der Waals surface area contributed by atoms with E-state index >= 15 is 0 Å². The Bertz CT molecular complexity index is 766. The molecule has 0 spiro atoms. The number of hydrogen-bond acceptors (Lipinski definition) is 3. The van der Waals surface area contributed by atoms with Crippen LogP contribution in [0.5, 0.6) is 0 Å². The molecule has 1 saturated heterocycles. The second kappa shape index (κ2) is 10.7. The van der Waals surface area contributed by atoms with Gasteiger partial charge in [0.15, 0.2) is 0 Å². The third-order valence-corrected chi connectivity index (χ3v) is 6.34. The molecule has 1 aliphatic heterocycles. The van der Waals surface area contributed by atoms with Crippen LogP contribution in [0.4, 0.5) is 0 Å². The summed E-state index contributed by atoms with van der Waals surface area (Å²) < 4.78 is 6.43. The molecule has 2 aromatic carbocycles. The van der Waals surface area contributed by atoms with E-state index in [1.165, 1.54) is 11.1 Å². The Morgan fingerprint density at radius 2 is 1.55 bits per heavy atom. The Labute approximate surface area is 195 Å². The van der Waals surface area contributed by atoms with E-state index in [9.17, 15) is 0 Å². The third kappa shape index (κ3) is 5.59. The van der Waals surface area contributed by atoms with E-state index in [1.807, 2.05) is 12.1 Å². The van der Waals surface area contributed by atoms with Crippen LogP contribution in [0.1, 0.15) is 29.7 Å². The highest BCUT2D eigenvalue weighted by atomic mass is 35.5. The predicted octanol–water partition coefficient (Wildman–Crippen LogP) is 5.36. The van der Waals surface area contributed by atoms with Crippen LogP contribution < -0.4 is 5.32 Å². The van der Waals surface area contributed by atoms with Gasteiger partial charge in [-0.2, -0.15) is 0 Å². The zero-order valence-corrected chi connectivity index (χ0v) is 19.6. The molecule has 7 heteroatoms. The maximum absolute atomic E-state index is 6.43. The zero-order chi connectivity index (χ0) is 18.9. The van der Waals surface area contributed by atoms with Gasteiger partial charge in [-0.3, -0.25) is 4.90 Å². The second-order valence-electron chi connectivity index (χ2n) is 7.74. The average Bonchev–Trinajstić information content (AvgIpc) is 3.06. The Kier molecular flexibility index (Phi) is 9.11. The molecular formula is C22H28Cl4N2O. The largest absolute Gasteiger partial charge is 0.372 e. The van der Waals surface area contributed by atoms with Gasteiger partial charge in [-0.1, -0.05) is 47.5 Å². The molecule has 2 aliphatic rings. The molecule has 160 valence electrons. The fourth-order valence-corrected chi connectivity index (χ4v) is 4.96. The number of piperazine rings is 1. The van der Waals surface area contributed by atoms with Crippen LogP contribution in [-0.4, -0.2) is 43.2 Å². The Hall–Kier alpha value is -0.520. The summed E-state index contributed by atoms with van der Waals surface area (Å²) in [6.07, 6.45) is 2.04. The first-order valence-electron chi connectivity index (χ1n) is 9.66. The van der Waals surface area contributed by atoms with Crippen LogP contribution in [-0.2, 0) is 17.6 Å². The lowest BCUT2D eigenvalue weighted by Gasteiger charge is -2.44. The molecule has 0 aromatic heterocycles. The lowest BCUT2D eigenvalue weighted by molar-refractivity contribution is -0.0379. The van der Waals surface area contributed by atoms with E-state index in [0.29, 0.717) is 16.7 Å². The van der Waals surface area contributed by atoms with Crippen molar-refractivity contribution in [3.05, 3.63) is 69.2 Å². The molecule has 0 saturated carbocycles. The van der Waals surface area contributed by atoms with Crippen LogP contribution in [0.3, 0.4) is 0 Å². The van der Waals surface area contributed by atoms with E-state index in [-0.39, 0.29) is 36.5 Å². The van der Waals surface area contributed by atoms with Gasteiger partial charge in [0.05, 0.1) is 18.2 Å². The van der Waals surface area contributed by atoms with Gasteiger partial charge in [0.25, 0.3) is 0 Å². The van der Waals surface area contributed by atoms with Gasteiger partial charge in [0, 0.05) is 36.2 Å². The highest BCUT2D eigenvalue weighted by Crippen LogP contribution is 2.36. The summed E-state index contributed by atoms with van der Waals surface area (Å²) in [4.78, 5) is 2.63. The topological polar surface area (TPSA) is 24.5 Å². The summed E-state index contributed by atoms with van der Waals surface area (Å²) in [5.41, 5.74) is 3.97. The van der Waals surface area contributed by atoms with Crippen molar-refractivity contribution in [3.63, 3.8) is 0 Å². The van der Waals surface area contributed by atoms with Gasteiger partial charge < -0.3 is 10.1 Å². The number of halogens is 4. The summed E-state index contributed by atoms with van der Waals surface area (Å²) in [5.74, 6) is 0. The van der Waals surface area contributed by atoms with Gasteiger partial charge in [-0.25, -0.2) is 0 Å². The van der Waals surface area contributed by atoms with Crippen LogP contribution in [0.15, 0.2) is 42.5 Å². The van der Waals surface area contributed by atoms with Crippen LogP contribution >= 0.6 is 48.0 Å². The summed E-state index contributed by atoms with van der Waals surface area (Å²) in [5, 5.41) is 4.77. The molecule has 0 bridgehead atoms. The lowest BCUT2D eigenvalue weighted by atomic mass is 9.93. The molecule has 1 heterocycles. The van der Waals surface area contributed by atoms with Crippen molar-refractivity contribution >= 4 is 48.0 Å². The fraction of sp³-hybridized carbons (Fsp3) is 0.455. The number of nitrogens with zero attached hydrogens (tertiary/aromatic N) is 1. The Morgan fingerprint density at radius 3 is 2.10 bits per heavy atom. The van der Waals surface area contributed by atoms with Gasteiger partial charge in [-0.05, 0) is 54.7 Å². The number of hydrogen-bond donors (Lipinski definition) is 1. The van der Waals surface area contributed by atoms with Crippen molar-refractivity contribution in [3.8, 4) is 0 Å². The lowest BCUT2D eigenvalue weighted by Crippen LogP contribution is -2.59. The van der Waals surface area contributed by atoms with E-state index < -0.39 is 0 Å². The second-order valence-corrected chi connectivity index (χ2v) is 8.61. The number of fused-ring (bicyclic) bond motifs is 1. The van der Waals surface area contributed by atoms with Gasteiger partial charge in [0.2, 0.25) is 0 Å². The quantitative estimate of drug-likeness (QED) is 0.627. The van der Waals surface area contributed by atoms with Crippen molar-refractivity contribution in [2.75, 3.05) is 32.8 Å². The summed E-state index contributed by atoms with van der Waals surface area (Å²) >= 11 is 12.4. The first-order valence-corrected chi connectivity index (χ1v) is 10.4. The number of ether oxygens (including phenoxy) is 1. The first-order chi connectivity index (χ1) is 13.1. The molecule has 1 fully saturated rings. The van der Waals surface area contributed by atoms with Crippen LogP contribution in [0.2, 0.25) is 10.0 Å². The van der Waals surface area contributed by atoms with Gasteiger partial charge in [-0.15, -0.1) is 24.8 Å². The summed E-state index contributed by atoms with van der Waals surface area (Å²) in [7, 11) is 0. The smallest absolute Gasteiger partial charge is 0.0798 e. The van der Waals surface area contributed by atoms with E-state index in [4.69, 9.17) is 27.9 Å². The minimum absolute atomic E-state index is 0. The molecule has 2 aromatic rings. The maximum Gasteiger partial charge on any atom is 0.0798 e. The first kappa shape index (κ1) is 24.7. The molecule has 1 atom stereocenters. The molecular weight excluding hydrogens is 450 g/mol. The van der Waals surface area contributed by atoms with Crippen LogP contribution in [0.25, 0.3) is 0 Å². The van der Waals surface area contributed by atoms with E-state index in [2.05, 4.69) is 41.4 Å². The number of rotatable bonds is 5. The molecule has 3 nitrogen and oxygen atoms in total. The maximum atomic E-state index is 6.43. The molecule has 1 aliphatic carbocycles. The van der Waals surface area contributed by atoms with Crippen molar-refractivity contribution in [1.29, 1.82) is 0 Å². The predicted molar refractivity (Wildman–Crippen MR) is 126 cm³/mol. The standard InChI is InChI=1S/C22H26Cl2N2O.2ClH/c1-16(19-10-20(23)12-21(24)11-19)27-15-22(26-8-6-25-7-9-26)13-17-4-2-3-5-18(17)14-22;;/h2-5,10-12,16,25H,6-9,13-15H2,1H3;2*1H/t16-;;/m0../s1. The zero-order valence-electron chi connectivity index (χ0n) is 16.5. The highest BCUT2D eigenvalue weighted by molar-refractivity contribution is 6.34. The molecule has 0 unspecified atom stereocenters. The van der Waals surface area contributed by atoms with Crippen molar-refractivity contribution in [2.24, 2.45) is 0 Å².